The van der Waals surface area contributed by atoms with E-state index in [4.69, 9.17) is 10.8 Å². The second-order valence-corrected chi connectivity index (χ2v) is 4.12. The molecule has 0 aliphatic carbocycles. The fourth-order valence-corrected chi connectivity index (χ4v) is 1.69. The van der Waals surface area contributed by atoms with Gasteiger partial charge in [-0.25, -0.2) is 0 Å². The molecule has 1 atom stereocenters. The third-order valence-corrected chi connectivity index (χ3v) is 2.53. The Balaban J connectivity index is 2.81. The molecule has 1 aromatic rings. The number of primary amides is 1. The van der Waals surface area contributed by atoms with E-state index in [1.807, 2.05) is 0 Å². The fraction of sp³-hybridized carbons (Fsp3) is 0.417. The molecule has 0 bridgehead atoms. The molecule has 0 aliphatic rings. The third kappa shape index (κ3) is 4.37. The molecule has 18 heavy (non-hydrogen) atoms. The van der Waals surface area contributed by atoms with Gasteiger partial charge >= 0.3 is 6.18 Å². The Morgan fingerprint density at radius 1 is 1.39 bits per heavy atom. The summed E-state index contributed by atoms with van der Waals surface area (Å²) in [6.45, 7) is -0.292. The molecule has 1 aromatic carbocycles. The number of alkyl halides is 3. The number of carbonyl (C=O) groups excluding carboxylic acids is 1. The summed E-state index contributed by atoms with van der Waals surface area (Å²) in [4.78, 5) is 10.7. The predicted molar refractivity (Wildman–Crippen MR) is 59.5 cm³/mol. The maximum atomic E-state index is 12.5. The largest absolute Gasteiger partial charge is 0.416 e. The Bertz CT molecular complexity index is 418. The third-order valence-electron chi connectivity index (χ3n) is 2.53. The maximum Gasteiger partial charge on any atom is 0.416 e. The molecule has 0 aromatic heterocycles. The van der Waals surface area contributed by atoms with E-state index in [-0.39, 0.29) is 19.4 Å². The summed E-state index contributed by atoms with van der Waals surface area (Å²) >= 11 is 0. The Hall–Kier alpha value is -1.56. The lowest BCUT2D eigenvalue weighted by molar-refractivity contribution is -0.137. The van der Waals surface area contributed by atoms with Crippen LogP contribution in [0.3, 0.4) is 0 Å². The summed E-state index contributed by atoms with van der Waals surface area (Å²) in [5, 5.41) is 9.04. The van der Waals surface area contributed by atoms with Gasteiger partial charge in [0.05, 0.1) is 5.56 Å². The Morgan fingerprint density at radius 3 is 2.56 bits per heavy atom. The van der Waals surface area contributed by atoms with Crippen molar-refractivity contribution in [2.24, 2.45) is 11.7 Å². The number of hydrogen-bond donors (Lipinski definition) is 2. The van der Waals surface area contributed by atoms with Crippen LogP contribution in [0.1, 0.15) is 17.5 Å². The van der Waals surface area contributed by atoms with Crippen LogP contribution in [0.25, 0.3) is 0 Å². The second kappa shape index (κ2) is 5.86. The van der Waals surface area contributed by atoms with E-state index in [0.717, 1.165) is 12.1 Å². The first-order chi connectivity index (χ1) is 8.32. The lowest BCUT2D eigenvalue weighted by Gasteiger charge is -2.13. The van der Waals surface area contributed by atoms with Crippen LogP contribution in [0.2, 0.25) is 0 Å². The molecule has 0 radical (unpaired) electrons. The molecule has 1 amide bonds. The lowest BCUT2D eigenvalue weighted by atomic mass is 9.95. The highest BCUT2D eigenvalue weighted by Gasteiger charge is 2.30. The van der Waals surface area contributed by atoms with Crippen molar-refractivity contribution >= 4 is 5.91 Å². The van der Waals surface area contributed by atoms with Gasteiger partial charge < -0.3 is 10.8 Å². The van der Waals surface area contributed by atoms with Gasteiger partial charge in [0.2, 0.25) is 5.91 Å². The average molecular weight is 261 g/mol. The van der Waals surface area contributed by atoms with Gasteiger partial charge in [-0.1, -0.05) is 18.2 Å². The number of amides is 1. The molecule has 0 fully saturated rings. The molecule has 100 valence electrons. The zero-order chi connectivity index (χ0) is 13.8. The van der Waals surface area contributed by atoms with Crippen molar-refractivity contribution in [1.29, 1.82) is 0 Å². The average Bonchev–Trinajstić information content (AvgIpc) is 2.26. The summed E-state index contributed by atoms with van der Waals surface area (Å²) in [6, 6.07) is 4.82. The zero-order valence-electron chi connectivity index (χ0n) is 9.57. The van der Waals surface area contributed by atoms with Crippen molar-refractivity contribution in [1.82, 2.24) is 0 Å². The van der Waals surface area contributed by atoms with Gasteiger partial charge in [0.1, 0.15) is 0 Å². The second-order valence-electron chi connectivity index (χ2n) is 4.12. The van der Waals surface area contributed by atoms with Crippen LogP contribution >= 0.6 is 0 Å². The summed E-state index contributed by atoms with van der Waals surface area (Å²) in [5.41, 5.74) is 4.67. The highest BCUT2D eigenvalue weighted by molar-refractivity contribution is 5.74. The molecule has 0 spiro atoms. The van der Waals surface area contributed by atoms with Crippen LogP contribution < -0.4 is 5.73 Å². The summed E-state index contributed by atoms with van der Waals surface area (Å²) in [5.74, 6) is -1.04. The number of benzene rings is 1. The maximum absolute atomic E-state index is 12.5. The van der Waals surface area contributed by atoms with Gasteiger partial charge in [-0.2, -0.15) is 13.2 Å². The number of aliphatic hydroxyl groups excluding tert-OH is 1. The van der Waals surface area contributed by atoms with E-state index >= 15 is 0 Å². The Morgan fingerprint density at radius 2 is 2.06 bits per heavy atom. The minimum Gasteiger partial charge on any atom is -0.396 e. The molecule has 0 unspecified atom stereocenters. The highest BCUT2D eigenvalue weighted by Crippen LogP contribution is 2.30. The van der Waals surface area contributed by atoms with E-state index in [2.05, 4.69) is 0 Å². The molecule has 0 aliphatic heterocycles. The first-order valence-electron chi connectivity index (χ1n) is 5.38. The van der Waals surface area contributed by atoms with Gasteiger partial charge in [-0.15, -0.1) is 0 Å². The smallest absolute Gasteiger partial charge is 0.396 e. The summed E-state index contributed by atoms with van der Waals surface area (Å²) in [6.07, 6.45) is -4.26. The van der Waals surface area contributed by atoms with Crippen LogP contribution in [0.15, 0.2) is 24.3 Å². The minimum absolute atomic E-state index is 0.0489. The number of halogens is 3. The van der Waals surface area contributed by atoms with E-state index < -0.39 is 23.6 Å². The quantitative estimate of drug-likeness (QED) is 0.847. The molecule has 3 nitrogen and oxygen atoms in total. The lowest BCUT2D eigenvalue weighted by Crippen LogP contribution is -2.20. The van der Waals surface area contributed by atoms with Crippen LogP contribution in [-0.2, 0) is 17.4 Å². The topological polar surface area (TPSA) is 63.3 Å². The van der Waals surface area contributed by atoms with E-state index in [0.29, 0.717) is 5.56 Å². The Kier molecular flexibility index (Phi) is 4.72. The molecule has 0 saturated heterocycles. The van der Waals surface area contributed by atoms with Gasteiger partial charge in [0.15, 0.2) is 0 Å². The van der Waals surface area contributed by atoms with Gasteiger partial charge in [0, 0.05) is 13.0 Å². The molecule has 0 saturated carbocycles. The van der Waals surface area contributed by atoms with Gasteiger partial charge in [-0.3, -0.25) is 4.79 Å². The normalized spacial score (nSPS) is 13.3. The van der Waals surface area contributed by atoms with E-state index in [1.54, 1.807) is 0 Å². The molecule has 0 heterocycles. The van der Waals surface area contributed by atoms with E-state index in [1.165, 1.54) is 12.1 Å². The van der Waals surface area contributed by atoms with Crippen molar-refractivity contribution in [3.05, 3.63) is 35.4 Å². The SMILES string of the molecule is NC(=O)C[C@@H](CO)Cc1cccc(C(F)(F)F)c1. The zero-order valence-corrected chi connectivity index (χ0v) is 9.57. The monoisotopic (exact) mass is 261 g/mol. The molecular formula is C12H14F3NO2. The minimum atomic E-state index is -4.39. The first kappa shape index (κ1) is 14.5. The van der Waals surface area contributed by atoms with Gasteiger partial charge in [-0.05, 0) is 24.0 Å². The highest BCUT2D eigenvalue weighted by atomic mass is 19.4. The summed E-state index contributed by atoms with van der Waals surface area (Å²) < 4.78 is 37.4. The van der Waals surface area contributed by atoms with Crippen molar-refractivity contribution in [2.75, 3.05) is 6.61 Å². The molecule has 3 N–H and O–H groups in total. The number of nitrogens with two attached hydrogens (primary N) is 1. The van der Waals surface area contributed by atoms with Crippen molar-refractivity contribution in [3.63, 3.8) is 0 Å². The van der Waals surface area contributed by atoms with Crippen molar-refractivity contribution in [2.45, 2.75) is 19.0 Å². The number of hydrogen-bond acceptors (Lipinski definition) is 2. The van der Waals surface area contributed by atoms with Crippen LogP contribution in [0, 0.1) is 5.92 Å². The molecule has 6 heteroatoms. The fourth-order valence-electron chi connectivity index (χ4n) is 1.69. The molecular weight excluding hydrogens is 247 g/mol. The van der Waals surface area contributed by atoms with Crippen LogP contribution in [0.5, 0.6) is 0 Å². The standard InChI is InChI=1S/C12H14F3NO2/c13-12(14,15)10-3-1-2-8(5-10)4-9(7-17)6-11(16)18/h1-3,5,9,17H,4,6-7H2,(H2,16,18)/t9-/m0/s1. The van der Waals surface area contributed by atoms with Crippen LogP contribution in [0.4, 0.5) is 13.2 Å². The summed E-state index contributed by atoms with van der Waals surface area (Å²) in [7, 11) is 0. The van der Waals surface area contributed by atoms with Crippen molar-refractivity contribution in [3.8, 4) is 0 Å². The predicted octanol–water partition coefficient (Wildman–Crippen LogP) is 1.73. The number of aliphatic hydroxyl groups is 1. The van der Waals surface area contributed by atoms with Gasteiger partial charge in [0.25, 0.3) is 0 Å². The number of carbonyl (C=O) groups is 1. The number of rotatable bonds is 5. The van der Waals surface area contributed by atoms with Crippen LogP contribution in [-0.4, -0.2) is 17.6 Å². The first-order valence-corrected chi connectivity index (χ1v) is 5.38. The van der Waals surface area contributed by atoms with E-state index in [9.17, 15) is 18.0 Å². The molecule has 1 rings (SSSR count). The van der Waals surface area contributed by atoms with Crippen molar-refractivity contribution < 1.29 is 23.1 Å². The Labute approximate surface area is 102 Å².